The first-order chi connectivity index (χ1) is 19.0. The molecule has 1 atom stereocenters. The van der Waals surface area contributed by atoms with Gasteiger partial charge in [-0.2, -0.15) is 0 Å². The van der Waals surface area contributed by atoms with Crippen LogP contribution in [-0.2, 0) is 26.2 Å². The van der Waals surface area contributed by atoms with E-state index in [1.54, 1.807) is 68.4 Å². The van der Waals surface area contributed by atoms with Gasteiger partial charge in [0.15, 0.2) is 0 Å². The molecule has 0 aliphatic heterocycles. The number of benzene rings is 3. The topological polar surface area (TPSA) is 86.8 Å². The third kappa shape index (κ3) is 7.69. The Hall–Kier alpha value is -2.78. The van der Waals surface area contributed by atoms with Gasteiger partial charge in [-0.15, -0.1) is 0 Å². The molecule has 0 aliphatic carbocycles. The minimum Gasteiger partial charge on any atom is -0.354 e. The van der Waals surface area contributed by atoms with E-state index in [0.29, 0.717) is 32.7 Å². The number of hydrogen-bond donors (Lipinski definition) is 1. The summed E-state index contributed by atoms with van der Waals surface area (Å²) in [6, 6.07) is 16.7. The highest BCUT2D eigenvalue weighted by atomic mass is 35.5. The van der Waals surface area contributed by atoms with E-state index in [9.17, 15) is 18.0 Å². The maximum atomic E-state index is 14.0. The van der Waals surface area contributed by atoms with Gasteiger partial charge in [0.05, 0.1) is 20.6 Å². The lowest BCUT2D eigenvalue weighted by molar-refractivity contribution is -0.139. The van der Waals surface area contributed by atoms with Crippen LogP contribution < -0.4 is 9.62 Å². The zero-order valence-electron chi connectivity index (χ0n) is 22.5. The van der Waals surface area contributed by atoms with Gasteiger partial charge >= 0.3 is 0 Å². The summed E-state index contributed by atoms with van der Waals surface area (Å²) in [7, 11) is -4.18. The van der Waals surface area contributed by atoms with Gasteiger partial charge in [0.1, 0.15) is 12.6 Å². The Balaban J connectivity index is 2.04. The van der Waals surface area contributed by atoms with E-state index < -0.39 is 28.5 Å². The van der Waals surface area contributed by atoms with Crippen molar-refractivity contribution in [1.82, 2.24) is 10.2 Å². The van der Waals surface area contributed by atoms with Crippen molar-refractivity contribution in [2.45, 2.75) is 51.1 Å². The molecule has 0 saturated carbocycles. The molecular weight excluding hydrogens is 593 g/mol. The fraction of sp³-hybridized carbons (Fsp3) is 0.310. The monoisotopic (exact) mass is 623 g/mol. The first-order valence-electron chi connectivity index (χ1n) is 12.8. The molecule has 0 aliphatic rings. The molecule has 0 spiro atoms. The summed E-state index contributed by atoms with van der Waals surface area (Å²) in [5.74, 6) is -0.929. The molecule has 214 valence electrons. The highest BCUT2D eigenvalue weighted by molar-refractivity contribution is 7.92. The van der Waals surface area contributed by atoms with Gasteiger partial charge in [-0.05, 0) is 67.8 Å². The molecule has 40 heavy (non-hydrogen) atoms. The van der Waals surface area contributed by atoms with Crippen molar-refractivity contribution in [1.29, 1.82) is 0 Å². The number of halogens is 3. The van der Waals surface area contributed by atoms with E-state index in [2.05, 4.69) is 5.32 Å². The lowest BCUT2D eigenvalue weighted by Gasteiger charge is -2.32. The van der Waals surface area contributed by atoms with Gasteiger partial charge in [0, 0.05) is 18.1 Å². The Bertz CT molecular complexity index is 1450. The second-order valence-electron chi connectivity index (χ2n) is 9.30. The molecule has 3 aromatic carbocycles. The van der Waals surface area contributed by atoms with Crippen LogP contribution >= 0.6 is 34.8 Å². The molecular formula is C29H32Cl3N3O4S. The molecule has 7 nitrogen and oxygen atoms in total. The number of nitrogens with one attached hydrogen (secondary N) is 1. The van der Waals surface area contributed by atoms with Gasteiger partial charge < -0.3 is 10.2 Å². The summed E-state index contributed by atoms with van der Waals surface area (Å²) in [6.07, 6.45) is 1.68. The molecule has 0 aromatic heterocycles. The zero-order valence-corrected chi connectivity index (χ0v) is 25.6. The van der Waals surface area contributed by atoms with E-state index >= 15 is 0 Å². The van der Waals surface area contributed by atoms with Crippen molar-refractivity contribution in [2.24, 2.45) is 0 Å². The smallest absolute Gasteiger partial charge is 0.264 e. The second kappa shape index (κ2) is 14.2. The lowest BCUT2D eigenvalue weighted by Crippen LogP contribution is -2.51. The number of amides is 2. The fourth-order valence-corrected chi connectivity index (χ4v) is 6.04. The molecule has 0 radical (unpaired) electrons. The van der Waals surface area contributed by atoms with Gasteiger partial charge in [0.25, 0.3) is 10.0 Å². The Morgan fingerprint density at radius 3 is 2.27 bits per heavy atom. The summed E-state index contributed by atoms with van der Waals surface area (Å²) in [5, 5.41) is 3.86. The predicted octanol–water partition coefficient (Wildman–Crippen LogP) is 6.48. The SMILES string of the molecule is CCCCNC(=O)[C@@H](C)N(Cc1ccc(Cl)c(Cl)c1)C(=O)CN(c1cccc(Cl)c1C)S(=O)(=O)c1ccccc1. The summed E-state index contributed by atoms with van der Waals surface area (Å²) >= 11 is 18.6. The normalized spacial score (nSPS) is 12.1. The molecule has 0 unspecified atom stereocenters. The van der Waals surface area contributed by atoms with E-state index in [4.69, 9.17) is 34.8 Å². The maximum Gasteiger partial charge on any atom is 0.264 e. The second-order valence-corrected chi connectivity index (χ2v) is 12.4. The number of carbonyl (C=O) groups excluding carboxylic acids is 2. The van der Waals surface area contributed by atoms with Crippen molar-refractivity contribution < 1.29 is 18.0 Å². The number of sulfonamides is 1. The Morgan fingerprint density at radius 2 is 1.62 bits per heavy atom. The number of unbranched alkanes of at least 4 members (excludes halogenated alkanes) is 1. The Kier molecular flexibility index (Phi) is 11.3. The predicted molar refractivity (Wildman–Crippen MR) is 162 cm³/mol. The number of anilines is 1. The first kappa shape index (κ1) is 31.7. The van der Waals surface area contributed by atoms with Crippen LogP contribution in [0.2, 0.25) is 15.1 Å². The molecule has 2 amide bonds. The van der Waals surface area contributed by atoms with E-state index in [-0.39, 0.29) is 23.0 Å². The molecule has 11 heteroatoms. The Labute approximate surface area is 251 Å². The van der Waals surface area contributed by atoms with Crippen molar-refractivity contribution in [3.63, 3.8) is 0 Å². The number of nitrogens with zero attached hydrogens (tertiary/aromatic N) is 2. The number of carbonyl (C=O) groups is 2. The van der Waals surface area contributed by atoms with Crippen LogP contribution in [0.4, 0.5) is 5.69 Å². The van der Waals surface area contributed by atoms with E-state index in [0.717, 1.165) is 17.1 Å². The van der Waals surface area contributed by atoms with Gasteiger partial charge in [-0.25, -0.2) is 8.42 Å². The maximum absolute atomic E-state index is 14.0. The van der Waals surface area contributed by atoms with Crippen LogP contribution in [0.3, 0.4) is 0 Å². The van der Waals surface area contributed by atoms with Crippen molar-refractivity contribution in [3.05, 3.63) is 92.9 Å². The van der Waals surface area contributed by atoms with Crippen molar-refractivity contribution in [3.8, 4) is 0 Å². The molecule has 3 rings (SSSR count). The largest absolute Gasteiger partial charge is 0.354 e. The quantitative estimate of drug-likeness (QED) is 0.234. The average Bonchev–Trinajstić information content (AvgIpc) is 2.94. The highest BCUT2D eigenvalue weighted by Crippen LogP contribution is 2.31. The minimum atomic E-state index is -4.18. The number of rotatable bonds is 12. The standard InChI is InChI=1S/C29H32Cl3N3O4S/c1-4-5-16-33-29(37)21(3)34(18-22-14-15-25(31)26(32)17-22)28(36)19-35(27-13-9-12-24(30)20(27)2)40(38,39)23-10-7-6-8-11-23/h6-15,17,21H,4-5,16,18-19H2,1-3H3,(H,33,37)/t21-/m1/s1. The molecule has 0 bridgehead atoms. The minimum absolute atomic E-state index is 0.00579. The molecule has 0 fully saturated rings. The summed E-state index contributed by atoms with van der Waals surface area (Å²) in [4.78, 5) is 28.4. The molecule has 0 heterocycles. The van der Waals surface area contributed by atoms with Crippen molar-refractivity contribution in [2.75, 3.05) is 17.4 Å². The Morgan fingerprint density at radius 1 is 0.925 bits per heavy atom. The van der Waals surface area contributed by atoms with Crippen LogP contribution in [0.15, 0.2) is 71.6 Å². The lowest BCUT2D eigenvalue weighted by atomic mass is 10.1. The third-order valence-electron chi connectivity index (χ3n) is 6.45. The van der Waals surface area contributed by atoms with Crippen LogP contribution in [0.25, 0.3) is 0 Å². The van der Waals surface area contributed by atoms with Crippen LogP contribution in [0, 0.1) is 6.92 Å². The highest BCUT2D eigenvalue weighted by Gasteiger charge is 2.33. The van der Waals surface area contributed by atoms with E-state index in [1.807, 2.05) is 6.92 Å². The summed E-state index contributed by atoms with van der Waals surface area (Å²) in [6.45, 7) is 5.21. The van der Waals surface area contributed by atoms with Gasteiger partial charge in [-0.1, -0.05) is 78.5 Å². The summed E-state index contributed by atoms with van der Waals surface area (Å²) in [5.41, 5.74) is 1.39. The van der Waals surface area contributed by atoms with Gasteiger partial charge in [-0.3, -0.25) is 13.9 Å². The van der Waals surface area contributed by atoms with Crippen LogP contribution in [0.5, 0.6) is 0 Å². The fourth-order valence-electron chi connectivity index (χ4n) is 4.05. The van der Waals surface area contributed by atoms with Crippen molar-refractivity contribution >= 4 is 62.3 Å². The van der Waals surface area contributed by atoms with E-state index in [1.165, 1.54) is 17.0 Å². The molecule has 1 N–H and O–H groups in total. The first-order valence-corrected chi connectivity index (χ1v) is 15.4. The summed E-state index contributed by atoms with van der Waals surface area (Å²) < 4.78 is 28.8. The third-order valence-corrected chi connectivity index (χ3v) is 9.37. The number of hydrogen-bond acceptors (Lipinski definition) is 4. The van der Waals surface area contributed by atoms with Crippen LogP contribution in [-0.4, -0.2) is 44.3 Å². The molecule has 3 aromatic rings. The van der Waals surface area contributed by atoms with Crippen LogP contribution in [0.1, 0.15) is 37.8 Å². The molecule has 0 saturated heterocycles. The zero-order chi connectivity index (χ0) is 29.4. The van der Waals surface area contributed by atoms with Gasteiger partial charge in [0.2, 0.25) is 11.8 Å². The average molecular weight is 625 g/mol.